The van der Waals surface area contributed by atoms with Crippen LogP contribution in [0.15, 0.2) is 5.16 Å². The largest absolute Gasteiger partial charge is 0.353 e. The lowest BCUT2D eigenvalue weighted by molar-refractivity contribution is -0.119. The molecule has 0 radical (unpaired) electrons. The lowest BCUT2D eigenvalue weighted by atomic mass is 10.0. The molecule has 1 heterocycles. The van der Waals surface area contributed by atoms with Crippen LogP contribution in [0.25, 0.3) is 0 Å². The van der Waals surface area contributed by atoms with Gasteiger partial charge in [-0.25, -0.2) is 9.97 Å². The number of aryl methyl sites for hydroxylation is 2. The zero-order valence-electron chi connectivity index (χ0n) is 14.0. The van der Waals surface area contributed by atoms with Crippen molar-refractivity contribution in [2.45, 2.75) is 65.6 Å². The fourth-order valence-corrected chi connectivity index (χ4v) is 2.65. The Labute approximate surface area is 132 Å². The zero-order chi connectivity index (χ0) is 16.0. The van der Waals surface area contributed by atoms with E-state index in [9.17, 15) is 4.79 Å². The molecule has 0 fully saturated rings. The van der Waals surface area contributed by atoms with E-state index in [0.717, 1.165) is 29.8 Å². The molecule has 0 saturated carbocycles. The van der Waals surface area contributed by atoms with Gasteiger partial charge in [0, 0.05) is 17.4 Å². The first-order valence-electron chi connectivity index (χ1n) is 7.53. The summed E-state index contributed by atoms with van der Waals surface area (Å²) in [5.41, 5.74) is 3.08. The van der Waals surface area contributed by atoms with Crippen molar-refractivity contribution in [1.82, 2.24) is 15.3 Å². The molecule has 0 aliphatic carbocycles. The summed E-state index contributed by atoms with van der Waals surface area (Å²) in [5, 5.41) is 3.71. The Kier molecular flexibility index (Phi) is 7.15. The molecule has 1 atom stereocenters. The zero-order valence-corrected chi connectivity index (χ0v) is 14.8. The highest BCUT2D eigenvalue weighted by Gasteiger charge is 2.11. The van der Waals surface area contributed by atoms with Crippen LogP contribution < -0.4 is 5.32 Å². The summed E-state index contributed by atoms with van der Waals surface area (Å²) < 4.78 is 0. The first kappa shape index (κ1) is 18.0. The monoisotopic (exact) mass is 309 g/mol. The summed E-state index contributed by atoms with van der Waals surface area (Å²) in [6.45, 7) is 12.4. The smallest absolute Gasteiger partial charge is 0.230 e. The summed E-state index contributed by atoms with van der Waals surface area (Å²) >= 11 is 1.40. The Morgan fingerprint density at radius 1 is 1.10 bits per heavy atom. The molecule has 0 saturated heterocycles. The highest BCUT2D eigenvalue weighted by Crippen LogP contribution is 2.17. The van der Waals surface area contributed by atoms with Gasteiger partial charge in [-0.1, -0.05) is 25.6 Å². The highest BCUT2D eigenvalue weighted by atomic mass is 32.2. The van der Waals surface area contributed by atoms with Crippen molar-refractivity contribution in [1.29, 1.82) is 0 Å². The van der Waals surface area contributed by atoms with Gasteiger partial charge < -0.3 is 5.32 Å². The molecule has 1 amide bonds. The minimum atomic E-state index is 0.0516. The van der Waals surface area contributed by atoms with Crippen LogP contribution in [-0.2, 0) is 4.79 Å². The number of thioether (sulfide) groups is 1. The molecule has 0 aliphatic rings. The average Bonchev–Trinajstić information content (AvgIpc) is 2.40. The summed E-state index contributed by atoms with van der Waals surface area (Å²) in [7, 11) is 0. The van der Waals surface area contributed by atoms with Gasteiger partial charge in [-0.2, -0.15) is 0 Å². The van der Waals surface area contributed by atoms with E-state index in [0.29, 0.717) is 16.8 Å². The van der Waals surface area contributed by atoms with E-state index in [1.807, 2.05) is 20.8 Å². The molecule has 0 aromatic carbocycles. The van der Waals surface area contributed by atoms with Gasteiger partial charge in [-0.05, 0) is 52.0 Å². The molecule has 0 bridgehead atoms. The fraction of sp³-hybridized carbons (Fsp3) is 0.688. The van der Waals surface area contributed by atoms with Gasteiger partial charge in [0.25, 0.3) is 0 Å². The number of nitrogens with one attached hydrogen (secondary N) is 1. The summed E-state index contributed by atoms with van der Waals surface area (Å²) in [6.07, 6.45) is 2.15. The Hall–Kier alpha value is -1.10. The topological polar surface area (TPSA) is 54.9 Å². The van der Waals surface area contributed by atoms with E-state index in [2.05, 4.69) is 36.1 Å². The molecular weight excluding hydrogens is 282 g/mol. The molecular formula is C16H27N3OS. The van der Waals surface area contributed by atoms with Crippen LogP contribution in [0.4, 0.5) is 0 Å². The maximum absolute atomic E-state index is 11.9. The van der Waals surface area contributed by atoms with E-state index < -0.39 is 0 Å². The van der Waals surface area contributed by atoms with Crippen molar-refractivity contribution < 1.29 is 4.79 Å². The molecule has 0 spiro atoms. The van der Waals surface area contributed by atoms with Crippen LogP contribution in [0.2, 0.25) is 0 Å². The summed E-state index contributed by atoms with van der Waals surface area (Å²) in [6, 6.07) is 0.225. The minimum absolute atomic E-state index is 0.0516. The van der Waals surface area contributed by atoms with Crippen molar-refractivity contribution >= 4 is 17.7 Å². The van der Waals surface area contributed by atoms with Gasteiger partial charge in [0.05, 0.1) is 5.75 Å². The minimum Gasteiger partial charge on any atom is -0.353 e. The Bertz CT molecular complexity index is 465. The summed E-state index contributed by atoms with van der Waals surface area (Å²) in [4.78, 5) is 20.8. The predicted octanol–water partition coefficient (Wildman–Crippen LogP) is 3.43. The van der Waals surface area contributed by atoms with Crippen LogP contribution >= 0.6 is 11.8 Å². The third-order valence-corrected chi connectivity index (χ3v) is 4.38. The molecule has 1 N–H and O–H groups in total. The van der Waals surface area contributed by atoms with E-state index in [4.69, 9.17) is 0 Å². The van der Waals surface area contributed by atoms with Crippen LogP contribution in [0, 0.1) is 26.7 Å². The molecule has 118 valence electrons. The van der Waals surface area contributed by atoms with Crippen molar-refractivity contribution in [3.05, 3.63) is 17.0 Å². The van der Waals surface area contributed by atoms with Crippen LogP contribution in [-0.4, -0.2) is 27.7 Å². The SMILES string of the molecule is Cc1nc(SCC(=O)N[C@@H](C)CCC(C)C)nc(C)c1C. The van der Waals surface area contributed by atoms with Crippen LogP contribution in [0.5, 0.6) is 0 Å². The lowest BCUT2D eigenvalue weighted by Gasteiger charge is -2.15. The number of rotatable bonds is 7. The molecule has 1 rings (SSSR count). The number of nitrogens with zero attached hydrogens (tertiary/aromatic N) is 2. The predicted molar refractivity (Wildman–Crippen MR) is 88.6 cm³/mol. The van der Waals surface area contributed by atoms with E-state index in [1.54, 1.807) is 0 Å². The molecule has 1 aromatic heterocycles. The maximum Gasteiger partial charge on any atom is 0.230 e. The molecule has 5 heteroatoms. The Morgan fingerprint density at radius 3 is 2.19 bits per heavy atom. The van der Waals surface area contributed by atoms with Gasteiger partial charge in [-0.15, -0.1) is 0 Å². The number of carbonyl (C=O) groups is 1. The van der Waals surface area contributed by atoms with Gasteiger partial charge in [0.15, 0.2) is 5.16 Å². The van der Waals surface area contributed by atoms with E-state index in [-0.39, 0.29) is 11.9 Å². The second kappa shape index (κ2) is 8.37. The van der Waals surface area contributed by atoms with Crippen molar-refractivity contribution in [2.75, 3.05) is 5.75 Å². The number of aromatic nitrogens is 2. The van der Waals surface area contributed by atoms with Crippen LogP contribution in [0.1, 0.15) is 50.6 Å². The Morgan fingerprint density at radius 2 is 1.67 bits per heavy atom. The standard InChI is InChI=1S/C16H27N3OS/c1-10(2)7-8-11(3)17-15(20)9-21-16-18-13(5)12(4)14(6)19-16/h10-11H,7-9H2,1-6H3,(H,17,20)/t11-/m0/s1. The van der Waals surface area contributed by atoms with Crippen molar-refractivity contribution in [2.24, 2.45) is 5.92 Å². The normalized spacial score (nSPS) is 12.5. The van der Waals surface area contributed by atoms with Crippen LogP contribution in [0.3, 0.4) is 0 Å². The number of hydrogen-bond donors (Lipinski definition) is 1. The third-order valence-electron chi connectivity index (χ3n) is 3.53. The lowest BCUT2D eigenvalue weighted by Crippen LogP contribution is -2.34. The Balaban J connectivity index is 2.43. The van der Waals surface area contributed by atoms with Crippen molar-refractivity contribution in [3.63, 3.8) is 0 Å². The second-order valence-corrected chi connectivity index (χ2v) is 6.97. The highest BCUT2D eigenvalue weighted by molar-refractivity contribution is 7.99. The number of hydrogen-bond acceptors (Lipinski definition) is 4. The van der Waals surface area contributed by atoms with Gasteiger partial charge >= 0.3 is 0 Å². The van der Waals surface area contributed by atoms with Gasteiger partial charge in [0.1, 0.15) is 0 Å². The molecule has 0 unspecified atom stereocenters. The molecule has 4 nitrogen and oxygen atoms in total. The molecule has 1 aromatic rings. The quantitative estimate of drug-likeness (QED) is 0.619. The first-order valence-corrected chi connectivity index (χ1v) is 8.52. The van der Waals surface area contributed by atoms with E-state index >= 15 is 0 Å². The van der Waals surface area contributed by atoms with Gasteiger partial charge in [0.2, 0.25) is 5.91 Å². The average molecular weight is 309 g/mol. The number of amides is 1. The molecule has 0 aliphatic heterocycles. The number of carbonyl (C=O) groups excluding carboxylic acids is 1. The fourth-order valence-electron chi connectivity index (χ4n) is 1.91. The maximum atomic E-state index is 11.9. The first-order chi connectivity index (χ1) is 9.79. The van der Waals surface area contributed by atoms with Crippen molar-refractivity contribution in [3.8, 4) is 0 Å². The third kappa shape index (κ3) is 6.46. The van der Waals surface area contributed by atoms with Gasteiger partial charge in [-0.3, -0.25) is 4.79 Å². The molecule has 21 heavy (non-hydrogen) atoms. The van der Waals surface area contributed by atoms with E-state index in [1.165, 1.54) is 11.8 Å². The second-order valence-electron chi connectivity index (χ2n) is 6.03. The summed E-state index contributed by atoms with van der Waals surface area (Å²) in [5.74, 6) is 1.09.